The van der Waals surface area contributed by atoms with Crippen LogP contribution in [0.1, 0.15) is 25.5 Å². The molecule has 0 aliphatic carbocycles. The van der Waals surface area contributed by atoms with Crippen LogP contribution >= 0.6 is 0 Å². The van der Waals surface area contributed by atoms with E-state index in [9.17, 15) is 9.90 Å². The highest BCUT2D eigenvalue weighted by Crippen LogP contribution is 2.24. The molecule has 0 saturated carbocycles. The zero-order valence-corrected chi connectivity index (χ0v) is 12.1. The van der Waals surface area contributed by atoms with E-state index in [4.69, 9.17) is 4.74 Å². The lowest BCUT2D eigenvalue weighted by Crippen LogP contribution is -2.49. The van der Waals surface area contributed by atoms with Gasteiger partial charge >= 0.3 is 6.09 Å². The van der Waals surface area contributed by atoms with Crippen molar-refractivity contribution in [2.75, 3.05) is 32.8 Å². The number of benzene rings is 1. The van der Waals surface area contributed by atoms with Gasteiger partial charge < -0.3 is 14.7 Å². The summed E-state index contributed by atoms with van der Waals surface area (Å²) >= 11 is 0. The van der Waals surface area contributed by atoms with Gasteiger partial charge in [-0.1, -0.05) is 12.1 Å². The maximum atomic E-state index is 11.6. The van der Waals surface area contributed by atoms with Crippen molar-refractivity contribution in [1.29, 1.82) is 0 Å². The highest BCUT2D eigenvalue weighted by Gasteiger charge is 2.25. The number of aromatic hydroxyl groups is 1. The van der Waals surface area contributed by atoms with E-state index in [1.54, 1.807) is 17.0 Å². The summed E-state index contributed by atoms with van der Waals surface area (Å²) in [6.07, 6.45) is -0.225. The molecule has 1 aliphatic rings. The van der Waals surface area contributed by atoms with Gasteiger partial charge in [0.25, 0.3) is 0 Å². The van der Waals surface area contributed by atoms with Gasteiger partial charge in [0, 0.05) is 32.2 Å². The van der Waals surface area contributed by atoms with E-state index in [-0.39, 0.29) is 12.1 Å². The molecule has 110 valence electrons. The maximum Gasteiger partial charge on any atom is 0.409 e. The number of hydrogen-bond acceptors (Lipinski definition) is 4. The number of nitrogens with zero attached hydrogens (tertiary/aromatic N) is 2. The zero-order valence-electron chi connectivity index (χ0n) is 12.1. The van der Waals surface area contributed by atoms with Crippen LogP contribution in [0, 0.1) is 0 Å². The van der Waals surface area contributed by atoms with Gasteiger partial charge in [-0.2, -0.15) is 0 Å². The van der Waals surface area contributed by atoms with Crippen LogP contribution in [-0.4, -0.2) is 53.8 Å². The number of hydrogen-bond donors (Lipinski definition) is 1. The molecule has 1 aromatic carbocycles. The van der Waals surface area contributed by atoms with Crippen LogP contribution in [0.2, 0.25) is 0 Å². The second kappa shape index (κ2) is 6.61. The van der Waals surface area contributed by atoms with Crippen molar-refractivity contribution in [1.82, 2.24) is 9.80 Å². The molecule has 1 fully saturated rings. The summed E-state index contributed by atoms with van der Waals surface area (Å²) in [5.41, 5.74) is 1.09. The first-order valence-electron chi connectivity index (χ1n) is 7.06. The van der Waals surface area contributed by atoms with Crippen molar-refractivity contribution in [3.8, 4) is 5.75 Å². The molecule has 1 unspecified atom stereocenters. The third-order valence-corrected chi connectivity index (χ3v) is 3.74. The molecule has 5 nitrogen and oxygen atoms in total. The number of carbonyl (C=O) groups is 1. The number of piperazine rings is 1. The molecule has 1 heterocycles. The second-order valence-corrected chi connectivity index (χ2v) is 4.99. The summed E-state index contributed by atoms with van der Waals surface area (Å²) in [4.78, 5) is 15.7. The van der Waals surface area contributed by atoms with Gasteiger partial charge in [-0.15, -0.1) is 0 Å². The van der Waals surface area contributed by atoms with Crippen LogP contribution in [0.15, 0.2) is 24.3 Å². The largest absolute Gasteiger partial charge is 0.508 e. The predicted molar refractivity (Wildman–Crippen MR) is 76.7 cm³/mol. The number of phenols is 1. The van der Waals surface area contributed by atoms with E-state index < -0.39 is 0 Å². The van der Waals surface area contributed by atoms with E-state index in [1.807, 2.05) is 19.1 Å². The Morgan fingerprint density at radius 1 is 1.35 bits per heavy atom. The molecule has 1 aliphatic heterocycles. The first-order valence-corrected chi connectivity index (χ1v) is 7.06. The van der Waals surface area contributed by atoms with E-state index in [2.05, 4.69) is 11.8 Å². The van der Waals surface area contributed by atoms with Crippen molar-refractivity contribution >= 4 is 6.09 Å². The number of phenolic OH excluding ortho intramolecular Hbond substituents is 1. The molecule has 1 aromatic rings. The average molecular weight is 278 g/mol. The molecule has 0 aromatic heterocycles. The molecule has 1 atom stereocenters. The minimum Gasteiger partial charge on any atom is -0.508 e. The Morgan fingerprint density at radius 2 is 2.05 bits per heavy atom. The SMILES string of the molecule is CCOC(=O)N1CCN(C(C)c2cccc(O)c2)CC1. The first kappa shape index (κ1) is 14.7. The average Bonchev–Trinajstić information content (AvgIpc) is 2.47. The summed E-state index contributed by atoms with van der Waals surface area (Å²) in [5.74, 6) is 0.291. The van der Waals surface area contributed by atoms with Gasteiger partial charge in [0.2, 0.25) is 0 Å². The summed E-state index contributed by atoms with van der Waals surface area (Å²) in [5, 5.41) is 9.55. The molecule has 0 spiro atoms. The quantitative estimate of drug-likeness (QED) is 0.921. The monoisotopic (exact) mass is 278 g/mol. The molecular weight excluding hydrogens is 256 g/mol. The lowest BCUT2D eigenvalue weighted by molar-refractivity contribution is 0.0686. The van der Waals surface area contributed by atoms with Crippen molar-refractivity contribution in [2.24, 2.45) is 0 Å². The summed E-state index contributed by atoms with van der Waals surface area (Å²) in [6, 6.07) is 7.57. The van der Waals surface area contributed by atoms with Gasteiger partial charge in [0.05, 0.1) is 6.61 Å². The highest BCUT2D eigenvalue weighted by atomic mass is 16.6. The fraction of sp³-hybridized carbons (Fsp3) is 0.533. The molecular formula is C15H22N2O3. The fourth-order valence-electron chi connectivity index (χ4n) is 2.50. The lowest BCUT2D eigenvalue weighted by Gasteiger charge is -2.37. The van der Waals surface area contributed by atoms with E-state index in [0.717, 1.165) is 18.7 Å². The smallest absolute Gasteiger partial charge is 0.409 e. The Hall–Kier alpha value is -1.75. The zero-order chi connectivity index (χ0) is 14.5. The Kier molecular flexibility index (Phi) is 4.84. The topological polar surface area (TPSA) is 53.0 Å². The van der Waals surface area contributed by atoms with Crippen LogP contribution in [0.5, 0.6) is 5.75 Å². The number of carbonyl (C=O) groups excluding carboxylic acids is 1. The highest BCUT2D eigenvalue weighted by molar-refractivity contribution is 5.67. The molecule has 1 amide bonds. The van der Waals surface area contributed by atoms with Crippen molar-refractivity contribution in [3.05, 3.63) is 29.8 Å². The Bertz CT molecular complexity index is 456. The van der Waals surface area contributed by atoms with Gasteiger partial charge in [-0.05, 0) is 31.5 Å². The van der Waals surface area contributed by atoms with E-state index >= 15 is 0 Å². The third kappa shape index (κ3) is 3.42. The van der Waals surface area contributed by atoms with Crippen molar-refractivity contribution < 1.29 is 14.6 Å². The summed E-state index contributed by atoms with van der Waals surface area (Å²) in [7, 11) is 0. The second-order valence-electron chi connectivity index (χ2n) is 4.99. The lowest BCUT2D eigenvalue weighted by atomic mass is 10.1. The minimum atomic E-state index is -0.225. The van der Waals surface area contributed by atoms with Crippen LogP contribution in [0.3, 0.4) is 0 Å². The van der Waals surface area contributed by atoms with E-state index in [0.29, 0.717) is 25.4 Å². The number of rotatable bonds is 3. The van der Waals surface area contributed by atoms with Crippen LogP contribution in [0.25, 0.3) is 0 Å². The first-order chi connectivity index (χ1) is 9.61. The van der Waals surface area contributed by atoms with Crippen LogP contribution in [-0.2, 0) is 4.74 Å². The fourth-order valence-corrected chi connectivity index (χ4v) is 2.50. The minimum absolute atomic E-state index is 0.225. The Labute approximate surface area is 119 Å². The van der Waals surface area contributed by atoms with E-state index in [1.165, 1.54) is 0 Å². The molecule has 20 heavy (non-hydrogen) atoms. The van der Waals surface area contributed by atoms with Gasteiger partial charge in [0.15, 0.2) is 0 Å². The molecule has 5 heteroatoms. The molecule has 0 bridgehead atoms. The molecule has 1 saturated heterocycles. The summed E-state index contributed by atoms with van der Waals surface area (Å²) < 4.78 is 5.01. The van der Waals surface area contributed by atoms with Gasteiger partial charge in [0.1, 0.15) is 5.75 Å². The predicted octanol–water partition coefficient (Wildman–Crippen LogP) is 2.23. The maximum absolute atomic E-state index is 11.6. The normalized spacial score (nSPS) is 17.8. The van der Waals surface area contributed by atoms with Gasteiger partial charge in [-0.3, -0.25) is 4.90 Å². The Morgan fingerprint density at radius 3 is 2.65 bits per heavy atom. The number of ether oxygens (including phenoxy) is 1. The summed E-state index contributed by atoms with van der Waals surface area (Å²) in [6.45, 7) is 7.35. The molecule has 1 N–H and O–H groups in total. The third-order valence-electron chi connectivity index (χ3n) is 3.74. The molecule has 2 rings (SSSR count). The van der Waals surface area contributed by atoms with Crippen molar-refractivity contribution in [3.63, 3.8) is 0 Å². The van der Waals surface area contributed by atoms with Crippen LogP contribution in [0.4, 0.5) is 4.79 Å². The standard InChI is InChI=1S/C15H22N2O3/c1-3-20-15(19)17-9-7-16(8-10-17)12(2)13-5-4-6-14(18)11-13/h4-6,11-12,18H,3,7-10H2,1-2H3. The number of amides is 1. The van der Waals surface area contributed by atoms with Crippen LogP contribution < -0.4 is 0 Å². The Balaban J connectivity index is 1.92. The van der Waals surface area contributed by atoms with Gasteiger partial charge in [-0.25, -0.2) is 4.79 Å². The molecule has 0 radical (unpaired) electrons. The van der Waals surface area contributed by atoms with Crippen molar-refractivity contribution in [2.45, 2.75) is 19.9 Å².